The van der Waals surface area contributed by atoms with E-state index in [0.29, 0.717) is 0 Å². The predicted molar refractivity (Wildman–Crippen MR) is 208 cm³/mol. The summed E-state index contributed by atoms with van der Waals surface area (Å²) in [5, 5.41) is 13.2. The molecular formula is C42H42N6. The van der Waals surface area contributed by atoms with Crippen LogP contribution < -0.4 is 21.3 Å². The molecule has 6 heteroatoms. The average Bonchev–Trinajstić information content (AvgIpc) is 3.10. The molecule has 240 valence electrons. The van der Waals surface area contributed by atoms with Gasteiger partial charge in [0.15, 0.2) is 0 Å². The Kier molecular flexibility index (Phi) is 11.7. The molecule has 0 saturated heterocycles. The Morgan fingerprint density at radius 2 is 0.792 bits per heavy atom. The maximum absolute atomic E-state index is 4.55. The van der Waals surface area contributed by atoms with Crippen molar-refractivity contribution in [2.24, 2.45) is 9.98 Å². The third-order valence-corrected chi connectivity index (χ3v) is 7.65. The molecule has 0 unspecified atom stereocenters. The number of aryl methyl sites for hydroxylation is 4. The molecule has 0 amide bonds. The normalized spacial score (nSPS) is 10.8. The summed E-state index contributed by atoms with van der Waals surface area (Å²) < 4.78 is 0. The molecule has 0 aromatic heterocycles. The van der Waals surface area contributed by atoms with Crippen LogP contribution in [0.5, 0.6) is 0 Å². The van der Waals surface area contributed by atoms with E-state index in [1.54, 1.807) is 12.7 Å². The summed E-state index contributed by atoms with van der Waals surface area (Å²) in [5.41, 5.74) is 13.1. The van der Waals surface area contributed by atoms with E-state index < -0.39 is 0 Å². The molecule has 6 aromatic carbocycles. The number of hydrogen-bond donors (Lipinski definition) is 4. The van der Waals surface area contributed by atoms with E-state index in [0.717, 1.165) is 45.5 Å². The van der Waals surface area contributed by atoms with Gasteiger partial charge in [0.05, 0.1) is 24.1 Å². The Morgan fingerprint density at radius 1 is 0.375 bits per heavy atom. The first-order chi connectivity index (χ1) is 23.4. The summed E-state index contributed by atoms with van der Waals surface area (Å²) in [4.78, 5) is 9.01. The van der Waals surface area contributed by atoms with Crippen molar-refractivity contribution in [1.29, 1.82) is 0 Å². The second-order valence-electron chi connectivity index (χ2n) is 11.4. The molecule has 0 aliphatic carbocycles. The first-order valence-electron chi connectivity index (χ1n) is 16.0. The van der Waals surface area contributed by atoms with Gasteiger partial charge in [-0.1, -0.05) is 72.8 Å². The van der Waals surface area contributed by atoms with Crippen molar-refractivity contribution in [3.63, 3.8) is 0 Å². The molecule has 4 N–H and O–H groups in total. The van der Waals surface area contributed by atoms with Crippen LogP contribution in [-0.2, 0) is 0 Å². The minimum Gasteiger partial charge on any atom is -0.356 e. The lowest BCUT2D eigenvalue weighted by Gasteiger charge is -2.09. The van der Waals surface area contributed by atoms with Crippen molar-refractivity contribution in [3.8, 4) is 0 Å². The summed E-state index contributed by atoms with van der Waals surface area (Å²) in [6, 6.07) is 48.8. The lowest BCUT2D eigenvalue weighted by atomic mass is 10.1. The zero-order chi connectivity index (χ0) is 33.6. The molecule has 0 heterocycles. The van der Waals surface area contributed by atoms with Gasteiger partial charge in [-0.2, -0.15) is 0 Å². The van der Waals surface area contributed by atoms with Gasteiger partial charge in [0.25, 0.3) is 0 Å². The molecule has 6 nitrogen and oxygen atoms in total. The largest absolute Gasteiger partial charge is 0.356 e. The predicted octanol–water partition coefficient (Wildman–Crippen LogP) is 11.6. The van der Waals surface area contributed by atoms with Crippen molar-refractivity contribution in [1.82, 2.24) is 0 Å². The number of nitrogens with zero attached hydrogens (tertiary/aromatic N) is 2. The van der Waals surface area contributed by atoms with Crippen molar-refractivity contribution in [3.05, 3.63) is 168 Å². The molecule has 0 bridgehead atoms. The molecular weight excluding hydrogens is 589 g/mol. The minimum atomic E-state index is 0.887. The van der Waals surface area contributed by atoms with Gasteiger partial charge in [0.1, 0.15) is 0 Å². The standard InChI is InChI=1S/C25H22N4.C17H20N2/c1-3-7-22(8-4-1)28-24-15-11-20(12-16-24)26-19-27-21-13-17-25(18-14-21)29-23-9-5-2-6-10-23;1-12-7-5-8-13(2)16(12)18-11-19-17-14(3)9-6-10-15(17)4/h1-19,28-29H,(H,26,27);5-11H,1-4H3,(H,18,19). The Bertz CT molecular complexity index is 1890. The van der Waals surface area contributed by atoms with Crippen molar-refractivity contribution >= 4 is 58.2 Å². The number of hydrogen-bond acceptors (Lipinski definition) is 4. The number of nitrogens with one attached hydrogen (secondary N) is 4. The van der Waals surface area contributed by atoms with Crippen LogP contribution in [0.2, 0.25) is 0 Å². The van der Waals surface area contributed by atoms with E-state index in [-0.39, 0.29) is 0 Å². The third-order valence-electron chi connectivity index (χ3n) is 7.65. The quantitative estimate of drug-likeness (QED) is 0.0897. The Morgan fingerprint density at radius 3 is 1.31 bits per heavy atom. The van der Waals surface area contributed by atoms with Crippen LogP contribution in [0.15, 0.2) is 156 Å². The maximum atomic E-state index is 4.55. The van der Waals surface area contributed by atoms with Gasteiger partial charge in [-0.25, -0.2) is 9.98 Å². The summed E-state index contributed by atoms with van der Waals surface area (Å²) in [6.07, 6.45) is 3.49. The number of aliphatic imine (C=N–C) groups is 2. The number of para-hydroxylation sites is 4. The number of benzene rings is 6. The van der Waals surface area contributed by atoms with Gasteiger partial charge in [-0.15, -0.1) is 0 Å². The number of rotatable bonds is 10. The van der Waals surface area contributed by atoms with Crippen LogP contribution in [0.3, 0.4) is 0 Å². The minimum absolute atomic E-state index is 0.887. The molecule has 0 spiro atoms. The maximum Gasteiger partial charge on any atom is 0.0930 e. The van der Waals surface area contributed by atoms with Crippen LogP contribution in [0, 0.1) is 27.7 Å². The van der Waals surface area contributed by atoms with Gasteiger partial charge >= 0.3 is 0 Å². The van der Waals surface area contributed by atoms with E-state index in [4.69, 9.17) is 0 Å². The van der Waals surface area contributed by atoms with Crippen molar-refractivity contribution in [2.45, 2.75) is 27.7 Å². The lowest BCUT2D eigenvalue weighted by Crippen LogP contribution is -1.99. The van der Waals surface area contributed by atoms with E-state index in [1.165, 1.54) is 22.3 Å². The van der Waals surface area contributed by atoms with Crippen molar-refractivity contribution < 1.29 is 0 Å². The third kappa shape index (κ3) is 9.93. The highest BCUT2D eigenvalue weighted by Gasteiger charge is 2.01. The fourth-order valence-corrected chi connectivity index (χ4v) is 5.05. The molecule has 0 fully saturated rings. The van der Waals surface area contributed by atoms with Gasteiger partial charge in [0.2, 0.25) is 0 Å². The zero-order valence-corrected chi connectivity index (χ0v) is 27.9. The topological polar surface area (TPSA) is 72.8 Å². The van der Waals surface area contributed by atoms with Gasteiger partial charge in [-0.3, -0.25) is 0 Å². The lowest BCUT2D eigenvalue weighted by molar-refractivity contribution is 1.33. The molecule has 0 atom stereocenters. The fourth-order valence-electron chi connectivity index (χ4n) is 5.05. The summed E-state index contributed by atoms with van der Waals surface area (Å²) in [6.45, 7) is 8.36. The highest BCUT2D eigenvalue weighted by molar-refractivity contribution is 5.82. The van der Waals surface area contributed by atoms with Crippen LogP contribution >= 0.6 is 0 Å². The monoisotopic (exact) mass is 630 g/mol. The molecule has 0 aliphatic heterocycles. The van der Waals surface area contributed by atoms with Gasteiger partial charge < -0.3 is 21.3 Å². The van der Waals surface area contributed by atoms with Gasteiger partial charge in [0, 0.05) is 34.1 Å². The summed E-state index contributed by atoms with van der Waals surface area (Å²) >= 11 is 0. The smallest absolute Gasteiger partial charge is 0.0930 e. The van der Waals surface area contributed by atoms with Crippen LogP contribution in [0.1, 0.15) is 22.3 Å². The zero-order valence-electron chi connectivity index (χ0n) is 27.9. The van der Waals surface area contributed by atoms with E-state index in [1.807, 2.05) is 109 Å². The molecule has 0 radical (unpaired) electrons. The summed E-state index contributed by atoms with van der Waals surface area (Å²) in [5.74, 6) is 0. The second kappa shape index (κ2) is 17.0. The molecule has 6 aromatic rings. The number of anilines is 6. The fraction of sp³-hybridized carbons (Fsp3) is 0.0952. The van der Waals surface area contributed by atoms with Crippen LogP contribution in [-0.4, -0.2) is 12.7 Å². The Balaban J connectivity index is 0.000000206. The Hall–Kier alpha value is -6.14. The first kappa shape index (κ1) is 33.2. The SMILES string of the molecule is C(=Nc1ccc(Nc2ccccc2)cc1)Nc1ccc(Nc2ccccc2)cc1.Cc1cccc(C)c1N=CNc1c(C)cccc1C. The molecule has 6 rings (SSSR count). The van der Waals surface area contributed by atoms with Crippen LogP contribution in [0.4, 0.5) is 45.5 Å². The van der Waals surface area contributed by atoms with E-state index in [2.05, 4.69) is 95.3 Å². The first-order valence-corrected chi connectivity index (χ1v) is 16.0. The van der Waals surface area contributed by atoms with Crippen molar-refractivity contribution in [2.75, 3.05) is 21.3 Å². The Labute approximate surface area is 284 Å². The van der Waals surface area contributed by atoms with Gasteiger partial charge in [-0.05, 0) is 123 Å². The average molecular weight is 631 g/mol. The molecule has 48 heavy (non-hydrogen) atoms. The van der Waals surface area contributed by atoms with E-state index >= 15 is 0 Å². The highest BCUT2D eigenvalue weighted by atomic mass is 15.0. The second-order valence-corrected chi connectivity index (χ2v) is 11.4. The highest BCUT2D eigenvalue weighted by Crippen LogP contribution is 2.24. The molecule has 0 saturated carbocycles. The van der Waals surface area contributed by atoms with Crippen LogP contribution in [0.25, 0.3) is 0 Å². The molecule has 0 aliphatic rings. The van der Waals surface area contributed by atoms with E-state index in [9.17, 15) is 0 Å². The summed E-state index contributed by atoms with van der Waals surface area (Å²) in [7, 11) is 0.